The van der Waals surface area contributed by atoms with Crippen LogP contribution in [0.4, 0.5) is 0 Å². The van der Waals surface area contributed by atoms with Gasteiger partial charge in [0.2, 0.25) is 0 Å². The van der Waals surface area contributed by atoms with Crippen molar-refractivity contribution in [2.75, 3.05) is 13.1 Å². The summed E-state index contributed by atoms with van der Waals surface area (Å²) >= 11 is 0. The molecule has 0 unspecified atom stereocenters. The Morgan fingerprint density at radius 3 is 2.71 bits per heavy atom. The fourth-order valence-corrected chi connectivity index (χ4v) is 4.39. The molecule has 0 saturated carbocycles. The normalized spacial score (nSPS) is 18.4. The molecule has 2 heteroatoms. The second kappa shape index (κ2) is 6.84. The van der Waals surface area contributed by atoms with Crippen molar-refractivity contribution in [1.82, 2.24) is 9.88 Å². The first-order valence-corrected chi connectivity index (χ1v) is 9.53. The zero-order valence-electron chi connectivity index (χ0n) is 16.0. The summed E-state index contributed by atoms with van der Waals surface area (Å²) in [4.78, 5) is 7.41. The molecule has 1 saturated heterocycles. The van der Waals surface area contributed by atoms with E-state index in [2.05, 4.69) is 57.7 Å². The minimum Gasteiger partial charge on any atom is -0.299 e. The van der Waals surface area contributed by atoms with E-state index in [1.54, 1.807) is 0 Å². The molecule has 130 valence electrons. The highest BCUT2D eigenvalue weighted by Gasteiger charge is 2.27. The van der Waals surface area contributed by atoms with Crippen molar-refractivity contribution in [3.8, 4) is 0 Å². The third-order valence-electron chi connectivity index (χ3n) is 5.43. The number of aromatic nitrogens is 1. The van der Waals surface area contributed by atoms with E-state index in [0.717, 1.165) is 13.0 Å². The Labute approximate surface area is 147 Å². The molecule has 1 aromatic heterocycles. The Bertz CT molecular complexity index is 715. The lowest BCUT2D eigenvalue weighted by atomic mass is 9.83. The van der Waals surface area contributed by atoms with Gasteiger partial charge in [-0.2, -0.15) is 0 Å². The Balaban J connectivity index is 2.03. The van der Waals surface area contributed by atoms with E-state index in [-0.39, 0.29) is 0 Å². The van der Waals surface area contributed by atoms with Gasteiger partial charge < -0.3 is 0 Å². The zero-order valence-corrected chi connectivity index (χ0v) is 16.0. The number of rotatable bonds is 4. The summed E-state index contributed by atoms with van der Waals surface area (Å²) in [7, 11) is 0. The van der Waals surface area contributed by atoms with Gasteiger partial charge in [0, 0.05) is 24.7 Å². The van der Waals surface area contributed by atoms with E-state index in [0.29, 0.717) is 11.3 Å². The number of nitrogens with zero attached hydrogens (tertiary/aromatic N) is 2. The van der Waals surface area contributed by atoms with Crippen molar-refractivity contribution < 1.29 is 0 Å². The molecule has 0 spiro atoms. The molecule has 2 nitrogen and oxygen atoms in total. The minimum atomic E-state index is 0.442. The SMILES string of the molecule is CCc1cc(CN2CCCC(C)(C)C2)c2cccnc2c1C(C)C. The van der Waals surface area contributed by atoms with Gasteiger partial charge in [-0.05, 0) is 59.9 Å². The lowest BCUT2D eigenvalue weighted by Gasteiger charge is -2.38. The maximum atomic E-state index is 4.77. The molecule has 0 N–H and O–H groups in total. The molecule has 1 aliphatic heterocycles. The van der Waals surface area contributed by atoms with E-state index >= 15 is 0 Å². The molecule has 24 heavy (non-hydrogen) atoms. The number of pyridine rings is 1. The highest BCUT2D eigenvalue weighted by molar-refractivity contribution is 5.86. The number of aryl methyl sites for hydroxylation is 1. The summed E-state index contributed by atoms with van der Waals surface area (Å²) in [6.45, 7) is 15.1. The number of hydrogen-bond acceptors (Lipinski definition) is 2. The van der Waals surface area contributed by atoms with Gasteiger partial charge in [-0.15, -0.1) is 0 Å². The summed E-state index contributed by atoms with van der Waals surface area (Å²) in [6, 6.07) is 6.81. The lowest BCUT2D eigenvalue weighted by molar-refractivity contribution is 0.112. The highest BCUT2D eigenvalue weighted by Crippen LogP contribution is 2.33. The molecular weight excluding hydrogens is 292 g/mol. The van der Waals surface area contributed by atoms with Gasteiger partial charge in [-0.1, -0.05) is 46.8 Å². The van der Waals surface area contributed by atoms with Crippen LogP contribution in [0, 0.1) is 5.41 Å². The van der Waals surface area contributed by atoms with Crippen LogP contribution in [0.1, 0.15) is 70.1 Å². The van der Waals surface area contributed by atoms with E-state index < -0.39 is 0 Å². The lowest BCUT2D eigenvalue weighted by Crippen LogP contribution is -2.39. The molecule has 1 aromatic carbocycles. The largest absolute Gasteiger partial charge is 0.299 e. The number of fused-ring (bicyclic) bond motifs is 1. The quantitative estimate of drug-likeness (QED) is 0.733. The predicted molar refractivity (Wildman–Crippen MR) is 104 cm³/mol. The summed E-state index contributed by atoms with van der Waals surface area (Å²) in [6.07, 6.45) is 5.69. The first-order valence-electron chi connectivity index (χ1n) is 9.53. The van der Waals surface area contributed by atoms with E-state index in [1.807, 2.05) is 6.20 Å². The molecule has 1 fully saturated rings. The van der Waals surface area contributed by atoms with E-state index in [1.165, 1.54) is 53.5 Å². The molecule has 2 aromatic rings. The van der Waals surface area contributed by atoms with Crippen LogP contribution in [-0.2, 0) is 13.0 Å². The molecule has 0 atom stereocenters. The van der Waals surface area contributed by atoms with Crippen molar-refractivity contribution in [1.29, 1.82) is 0 Å². The Kier molecular flexibility index (Phi) is 4.96. The summed E-state index contributed by atoms with van der Waals surface area (Å²) in [5.41, 5.74) is 6.03. The number of benzene rings is 1. The molecule has 3 rings (SSSR count). The van der Waals surface area contributed by atoms with Crippen LogP contribution in [0.15, 0.2) is 24.4 Å². The molecule has 2 heterocycles. The molecule has 0 radical (unpaired) electrons. The summed E-state index contributed by atoms with van der Waals surface area (Å²) < 4.78 is 0. The van der Waals surface area contributed by atoms with Crippen molar-refractivity contribution in [3.63, 3.8) is 0 Å². The summed E-state index contributed by atoms with van der Waals surface area (Å²) in [5.74, 6) is 0.514. The van der Waals surface area contributed by atoms with Gasteiger partial charge in [0.15, 0.2) is 0 Å². The predicted octanol–water partition coefficient (Wildman–Crippen LogP) is 5.54. The smallest absolute Gasteiger partial charge is 0.0742 e. The Hall–Kier alpha value is -1.41. The van der Waals surface area contributed by atoms with E-state index in [4.69, 9.17) is 4.98 Å². The third-order valence-corrected chi connectivity index (χ3v) is 5.43. The fraction of sp³-hybridized carbons (Fsp3) is 0.591. The van der Waals surface area contributed by atoms with Crippen LogP contribution in [0.25, 0.3) is 10.9 Å². The molecule has 0 aliphatic carbocycles. The van der Waals surface area contributed by atoms with Gasteiger partial charge in [-0.3, -0.25) is 9.88 Å². The van der Waals surface area contributed by atoms with Crippen LogP contribution in [0.5, 0.6) is 0 Å². The van der Waals surface area contributed by atoms with Crippen LogP contribution >= 0.6 is 0 Å². The maximum Gasteiger partial charge on any atom is 0.0742 e. The number of likely N-dealkylation sites (tertiary alicyclic amines) is 1. The van der Waals surface area contributed by atoms with Crippen molar-refractivity contribution in [2.45, 2.75) is 66.3 Å². The number of hydrogen-bond donors (Lipinski definition) is 0. The molecule has 0 bridgehead atoms. The monoisotopic (exact) mass is 324 g/mol. The molecule has 0 amide bonds. The van der Waals surface area contributed by atoms with Gasteiger partial charge in [0.05, 0.1) is 5.52 Å². The topological polar surface area (TPSA) is 16.1 Å². The van der Waals surface area contributed by atoms with Gasteiger partial charge >= 0.3 is 0 Å². The second-order valence-corrected chi connectivity index (χ2v) is 8.49. The van der Waals surface area contributed by atoms with Gasteiger partial charge in [0.1, 0.15) is 0 Å². The van der Waals surface area contributed by atoms with Crippen molar-refractivity contribution in [2.24, 2.45) is 5.41 Å². The fourth-order valence-electron chi connectivity index (χ4n) is 4.39. The second-order valence-electron chi connectivity index (χ2n) is 8.49. The Morgan fingerprint density at radius 1 is 1.25 bits per heavy atom. The summed E-state index contributed by atoms with van der Waals surface area (Å²) in [5, 5.41) is 1.35. The van der Waals surface area contributed by atoms with Crippen LogP contribution in [0.3, 0.4) is 0 Å². The highest BCUT2D eigenvalue weighted by atomic mass is 15.1. The van der Waals surface area contributed by atoms with Crippen LogP contribution < -0.4 is 0 Å². The number of piperidine rings is 1. The van der Waals surface area contributed by atoms with Crippen molar-refractivity contribution >= 4 is 10.9 Å². The zero-order chi connectivity index (χ0) is 17.3. The average molecular weight is 325 g/mol. The van der Waals surface area contributed by atoms with Crippen LogP contribution in [-0.4, -0.2) is 23.0 Å². The minimum absolute atomic E-state index is 0.442. The first kappa shape index (κ1) is 17.4. The molecule has 1 aliphatic rings. The van der Waals surface area contributed by atoms with Gasteiger partial charge in [0.25, 0.3) is 0 Å². The van der Waals surface area contributed by atoms with Crippen molar-refractivity contribution in [3.05, 3.63) is 41.1 Å². The standard InChI is InChI=1S/C22H32N2/c1-6-17-13-18(14-24-12-8-10-22(4,5)15-24)19-9-7-11-23-21(19)20(17)16(2)3/h7,9,11,13,16H,6,8,10,12,14-15H2,1-5H3. The van der Waals surface area contributed by atoms with Crippen LogP contribution in [0.2, 0.25) is 0 Å². The maximum absolute atomic E-state index is 4.77. The third kappa shape index (κ3) is 3.49. The molecular formula is C22H32N2. The first-order chi connectivity index (χ1) is 11.4. The average Bonchev–Trinajstić information content (AvgIpc) is 2.53. The van der Waals surface area contributed by atoms with E-state index in [9.17, 15) is 0 Å². The Morgan fingerprint density at radius 2 is 2.04 bits per heavy atom. The van der Waals surface area contributed by atoms with Gasteiger partial charge in [-0.25, -0.2) is 0 Å².